The second-order valence-electron chi connectivity index (χ2n) is 4.86. The van der Waals surface area contributed by atoms with Gasteiger partial charge in [0, 0.05) is 11.5 Å². The predicted octanol–water partition coefficient (Wildman–Crippen LogP) is 1.11. The molecule has 0 unspecified atom stereocenters. The van der Waals surface area contributed by atoms with Crippen LogP contribution in [0.5, 0.6) is 0 Å². The number of ether oxygens (including phenoxy) is 1. The van der Waals surface area contributed by atoms with Gasteiger partial charge in [-0.1, -0.05) is 5.16 Å². The summed E-state index contributed by atoms with van der Waals surface area (Å²) in [6.07, 6.45) is 3.09. The number of aliphatic hydroxyl groups excluding tert-OH is 2. The Morgan fingerprint density at radius 3 is 2.53 bits per heavy atom. The van der Waals surface area contributed by atoms with Crippen LogP contribution in [0.25, 0.3) is 0 Å². The van der Waals surface area contributed by atoms with Gasteiger partial charge in [0.05, 0.1) is 26.2 Å². The van der Waals surface area contributed by atoms with Crippen molar-refractivity contribution in [3.05, 3.63) is 17.0 Å². The predicted molar refractivity (Wildman–Crippen MR) is 65.1 cm³/mol. The van der Waals surface area contributed by atoms with Crippen molar-refractivity contribution in [2.75, 3.05) is 7.11 Å². The lowest BCUT2D eigenvalue weighted by Gasteiger charge is -2.25. The summed E-state index contributed by atoms with van der Waals surface area (Å²) in [5.74, 6) is 0.597. The van der Waals surface area contributed by atoms with Crippen LogP contribution in [0, 0.1) is 5.92 Å². The minimum atomic E-state index is -0.239. The molecule has 6 heteroatoms. The average molecular weight is 269 g/mol. The highest BCUT2D eigenvalue weighted by Crippen LogP contribution is 2.38. The van der Waals surface area contributed by atoms with Gasteiger partial charge in [0.25, 0.3) is 0 Å². The molecule has 106 valence electrons. The SMILES string of the molecule is COC(=O)C1CCC(c2onc(CO)c2CO)CC1. The van der Waals surface area contributed by atoms with Crippen molar-refractivity contribution < 1.29 is 24.3 Å². The molecular weight excluding hydrogens is 250 g/mol. The van der Waals surface area contributed by atoms with E-state index in [9.17, 15) is 9.90 Å². The summed E-state index contributed by atoms with van der Waals surface area (Å²) in [6.45, 7) is -0.428. The number of methoxy groups -OCH3 is 1. The second-order valence-corrected chi connectivity index (χ2v) is 4.86. The molecule has 1 aliphatic carbocycles. The van der Waals surface area contributed by atoms with Crippen LogP contribution in [0.4, 0.5) is 0 Å². The standard InChI is InChI=1S/C13H19NO5/c1-18-13(17)9-4-2-8(3-5-9)12-10(6-15)11(7-16)14-19-12/h8-9,15-16H,2-7H2,1H3. The van der Waals surface area contributed by atoms with Gasteiger partial charge in [0.2, 0.25) is 0 Å². The van der Waals surface area contributed by atoms with Crippen LogP contribution in [0.15, 0.2) is 4.52 Å². The van der Waals surface area contributed by atoms with E-state index < -0.39 is 0 Å². The zero-order valence-electron chi connectivity index (χ0n) is 11.0. The van der Waals surface area contributed by atoms with Crippen LogP contribution >= 0.6 is 0 Å². The fraction of sp³-hybridized carbons (Fsp3) is 0.692. The molecule has 1 saturated carbocycles. The van der Waals surface area contributed by atoms with Crippen molar-refractivity contribution in [1.29, 1.82) is 0 Å². The van der Waals surface area contributed by atoms with E-state index in [0.29, 0.717) is 17.0 Å². The summed E-state index contributed by atoms with van der Waals surface area (Å²) in [6, 6.07) is 0. The number of esters is 1. The quantitative estimate of drug-likeness (QED) is 0.795. The third-order valence-corrected chi connectivity index (χ3v) is 3.84. The molecule has 0 saturated heterocycles. The first-order valence-electron chi connectivity index (χ1n) is 6.48. The first-order valence-corrected chi connectivity index (χ1v) is 6.48. The largest absolute Gasteiger partial charge is 0.469 e. The van der Waals surface area contributed by atoms with Gasteiger partial charge in [-0.25, -0.2) is 0 Å². The molecular formula is C13H19NO5. The van der Waals surface area contributed by atoms with Crippen LogP contribution in [-0.2, 0) is 22.7 Å². The number of carbonyl (C=O) groups excluding carboxylic acids is 1. The molecule has 1 aromatic rings. The fourth-order valence-electron chi connectivity index (χ4n) is 2.73. The number of rotatable bonds is 4. The van der Waals surface area contributed by atoms with Crippen LogP contribution in [0.2, 0.25) is 0 Å². The molecule has 0 atom stereocenters. The maximum absolute atomic E-state index is 11.5. The van der Waals surface area contributed by atoms with Crippen molar-refractivity contribution >= 4 is 5.97 Å². The van der Waals surface area contributed by atoms with Gasteiger partial charge in [-0.15, -0.1) is 0 Å². The average Bonchev–Trinajstić information content (AvgIpc) is 2.89. The molecule has 2 rings (SSSR count). The zero-order valence-corrected chi connectivity index (χ0v) is 11.0. The highest BCUT2D eigenvalue weighted by Gasteiger charge is 2.31. The first kappa shape index (κ1) is 14.0. The number of aliphatic hydroxyl groups is 2. The molecule has 2 N–H and O–H groups in total. The smallest absolute Gasteiger partial charge is 0.308 e. The Morgan fingerprint density at radius 1 is 1.32 bits per heavy atom. The normalized spacial score (nSPS) is 23.3. The number of hydrogen-bond donors (Lipinski definition) is 2. The topological polar surface area (TPSA) is 92.8 Å². The monoisotopic (exact) mass is 269 g/mol. The lowest BCUT2D eigenvalue weighted by molar-refractivity contribution is -0.146. The van der Waals surface area contributed by atoms with Crippen molar-refractivity contribution in [3.8, 4) is 0 Å². The maximum atomic E-state index is 11.5. The Bertz CT molecular complexity index is 434. The Kier molecular flexibility index (Phi) is 4.55. The van der Waals surface area contributed by atoms with Crippen LogP contribution < -0.4 is 0 Å². The number of carbonyl (C=O) groups is 1. The zero-order chi connectivity index (χ0) is 13.8. The van der Waals surface area contributed by atoms with Crippen molar-refractivity contribution in [2.24, 2.45) is 5.92 Å². The van der Waals surface area contributed by atoms with E-state index in [1.54, 1.807) is 0 Å². The van der Waals surface area contributed by atoms with E-state index in [-0.39, 0.29) is 31.0 Å². The third-order valence-electron chi connectivity index (χ3n) is 3.84. The maximum Gasteiger partial charge on any atom is 0.308 e. The molecule has 0 aromatic carbocycles. The molecule has 0 aliphatic heterocycles. The molecule has 6 nitrogen and oxygen atoms in total. The van der Waals surface area contributed by atoms with Gasteiger partial charge in [0.15, 0.2) is 0 Å². The van der Waals surface area contributed by atoms with E-state index in [1.165, 1.54) is 7.11 Å². The van der Waals surface area contributed by atoms with E-state index >= 15 is 0 Å². The Balaban J connectivity index is 2.05. The molecule has 19 heavy (non-hydrogen) atoms. The van der Waals surface area contributed by atoms with Gasteiger partial charge in [-0.05, 0) is 25.7 Å². The fourth-order valence-corrected chi connectivity index (χ4v) is 2.73. The Labute approximate surface area is 111 Å². The number of hydrogen-bond acceptors (Lipinski definition) is 6. The highest BCUT2D eigenvalue weighted by atomic mass is 16.5. The lowest BCUT2D eigenvalue weighted by atomic mass is 9.80. The third kappa shape index (κ3) is 2.79. The van der Waals surface area contributed by atoms with Crippen LogP contribution in [0.3, 0.4) is 0 Å². The summed E-state index contributed by atoms with van der Waals surface area (Å²) in [4.78, 5) is 11.5. The second kappa shape index (κ2) is 6.16. The lowest BCUT2D eigenvalue weighted by Crippen LogP contribution is -2.22. The van der Waals surface area contributed by atoms with Crippen molar-refractivity contribution in [3.63, 3.8) is 0 Å². The summed E-state index contributed by atoms with van der Waals surface area (Å²) in [7, 11) is 1.41. The van der Waals surface area contributed by atoms with Gasteiger partial charge in [-0.2, -0.15) is 0 Å². The minimum Gasteiger partial charge on any atom is -0.469 e. The molecule has 1 fully saturated rings. The van der Waals surface area contributed by atoms with E-state index in [1.807, 2.05) is 0 Å². The molecule has 1 aromatic heterocycles. The van der Waals surface area contributed by atoms with Crippen molar-refractivity contribution in [2.45, 2.75) is 44.8 Å². The Hall–Kier alpha value is -1.40. The van der Waals surface area contributed by atoms with E-state index in [2.05, 4.69) is 5.16 Å². The van der Waals surface area contributed by atoms with E-state index in [4.69, 9.17) is 14.4 Å². The van der Waals surface area contributed by atoms with Gasteiger partial charge in [-0.3, -0.25) is 4.79 Å². The van der Waals surface area contributed by atoms with Gasteiger partial charge >= 0.3 is 5.97 Å². The Morgan fingerprint density at radius 2 is 2.00 bits per heavy atom. The van der Waals surface area contributed by atoms with Gasteiger partial charge < -0.3 is 19.5 Å². The summed E-state index contributed by atoms with van der Waals surface area (Å²) in [5.41, 5.74) is 0.983. The first-order chi connectivity index (χ1) is 9.21. The minimum absolute atomic E-state index is 0.0425. The number of nitrogens with zero attached hydrogens (tertiary/aromatic N) is 1. The summed E-state index contributed by atoms with van der Waals surface area (Å²) >= 11 is 0. The molecule has 0 bridgehead atoms. The van der Waals surface area contributed by atoms with Crippen molar-refractivity contribution in [1.82, 2.24) is 5.16 Å². The molecule has 0 radical (unpaired) electrons. The number of aromatic nitrogens is 1. The van der Waals surface area contributed by atoms with E-state index in [0.717, 1.165) is 25.7 Å². The molecule has 0 spiro atoms. The summed E-state index contributed by atoms with van der Waals surface area (Å²) < 4.78 is 10.0. The van der Waals surface area contributed by atoms with Crippen LogP contribution in [-0.4, -0.2) is 28.4 Å². The molecule has 0 amide bonds. The molecule has 1 aliphatic rings. The highest BCUT2D eigenvalue weighted by molar-refractivity contribution is 5.72. The summed E-state index contributed by atoms with van der Waals surface area (Å²) in [5, 5.41) is 22.2. The van der Waals surface area contributed by atoms with Gasteiger partial charge in [0.1, 0.15) is 11.5 Å². The molecule has 1 heterocycles. The van der Waals surface area contributed by atoms with Crippen LogP contribution in [0.1, 0.15) is 48.6 Å².